The maximum absolute atomic E-state index is 12.7. The lowest BCUT2D eigenvalue weighted by Gasteiger charge is -2.11. The minimum absolute atomic E-state index is 0.189. The summed E-state index contributed by atoms with van der Waals surface area (Å²) in [6.07, 6.45) is 3.45. The van der Waals surface area contributed by atoms with Crippen LogP contribution in [0.1, 0.15) is 21.7 Å². The van der Waals surface area contributed by atoms with E-state index in [4.69, 9.17) is 11.6 Å². The van der Waals surface area contributed by atoms with Crippen LogP contribution >= 0.6 is 11.6 Å². The van der Waals surface area contributed by atoms with Gasteiger partial charge in [-0.1, -0.05) is 17.7 Å². The third-order valence-electron chi connectivity index (χ3n) is 4.80. The molecule has 160 valence electrons. The van der Waals surface area contributed by atoms with Crippen molar-refractivity contribution in [3.63, 3.8) is 0 Å². The molecule has 0 spiro atoms. The molecule has 0 unspecified atom stereocenters. The van der Waals surface area contributed by atoms with Gasteiger partial charge in [-0.15, -0.1) is 0 Å². The van der Waals surface area contributed by atoms with Crippen LogP contribution in [0.15, 0.2) is 79.1 Å². The van der Waals surface area contributed by atoms with Gasteiger partial charge in [0.05, 0.1) is 16.4 Å². The Morgan fingerprint density at radius 2 is 1.50 bits per heavy atom. The number of benzene rings is 2. The molecule has 7 heteroatoms. The first-order valence-electron chi connectivity index (χ1n) is 10.1. The summed E-state index contributed by atoms with van der Waals surface area (Å²) in [5.74, 6) is -0.189. The summed E-state index contributed by atoms with van der Waals surface area (Å²) in [6, 6.07) is 20.4. The van der Waals surface area contributed by atoms with Crippen molar-refractivity contribution in [2.45, 2.75) is 13.8 Å². The van der Waals surface area contributed by atoms with Gasteiger partial charge in [-0.3, -0.25) is 14.8 Å². The van der Waals surface area contributed by atoms with Crippen LogP contribution in [0.4, 0.5) is 28.4 Å². The third kappa shape index (κ3) is 5.22. The molecule has 32 heavy (non-hydrogen) atoms. The molecule has 0 atom stereocenters. The van der Waals surface area contributed by atoms with E-state index in [1.165, 1.54) is 0 Å². The molecule has 4 rings (SSSR count). The Labute approximate surface area is 191 Å². The standard InChI is InChI=1S/C25H22ClN5O/c1-16-14-22(10-12-27-16)29-20-4-3-5-21(15-20)31-25(32)18-6-8-19(9-7-18)30-23-11-13-28-17(2)24(23)26/h3-15H,1-2H3,(H,27,29)(H,28,30)(H,31,32). The highest BCUT2D eigenvalue weighted by atomic mass is 35.5. The molecule has 2 aromatic heterocycles. The van der Waals surface area contributed by atoms with E-state index >= 15 is 0 Å². The summed E-state index contributed by atoms with van der Waals surface area (Å²) in [6.45, 7) is 3.79. The topological polar surface area (TPSA) is 78.9 Å². The number of nitrogens with zero attached hydrogens (tertiary/aromatic N) is 2. The number of amides is 1. The number of hydrogen-bond acceptors (Lipinski definition) is 5. The van der Waals surface area contributed by atoms with Crippen LogP contribution in [0.25, 0.3) is 0 Å². The SMILES string of the molecule is Cc1cc(Nc2cccc(NC(=O)c3ccc(Nc4ccnc(C)c4Cl)cc3)c2)ccn1. The molecule has 0 fully saturated rings. The maximum Gasteiger partial charge on any atom is 0.255 e. The molecule has 0 saturated heterocycles. The Balaban J connectivity index is 1.42. The Morgan fingerprint density at radius 3 is 2.28 bits per heavy atom. The monoisotopic (exact) mass is 443 g/mol. The van der Waals surface area contributed by atoms with Gasteiger partial charge in [-0.05, 0) is 74.5 Å². The Hall–Kier alpha value is -3.90. The van der Waals surface area contributed by atoms with E-state index in [0.717, 1.165) is 34.1 Å². The lowest BCUT2D eigenvalue weighted by atomic mass is 10.1. The highest BCUT2D eigenvalue weighted by molar-refractivity contribution is 6.33. The normalized spacial score (nSPS) is 10.5. The Kier molecular flexibility index (Phi) is 6.33. The van der Waals surface area contributed by atoms with Crippen LogP contribution in [0.2, 0.25) is 5.02 Å². The first-order chi connectivity index (χ1) is 15.5. The van der Waals surface area contributed by atoms with Crippen LogP contribution in [-0.4, -0.2) is 15.9 Å². The fourth-order valence-electron chi connectivity index (χ4n) is 3.17. The zero-order chi connectivity index (χ0) is 22.5. The van der Waals surface area contributed by atoms with Crippen LogP contribution in [0.5, 0.6) is 0 Å². The lowest BCUT2D eigenvalue weighted by molar-refractivity contribution is 0.102. The summed E-state index contributed by atoms with van der Waals surface area (Å²) < 4.78 is 0. The molecule has 0 bridgehead atoms. The summed E-state index contributed by atoms with van der Waals surface area (Å²) in [5.41, 5.74) is 6.34. The van der Waals surface area contributed by atoms with Gasteiger partial charge in [0.1, 0.15) is 0 Å². The highest BCUT2D eigenvalue weighted by Crippen LogP contribution is 2.27. The molecule has 1 amide bonds. The molecular weight excluding hydrogens is 422 g/mol. The molecule has 3 N–H and O–H groups in total. The second-order valence-corrected chi connectivity index (χ2v) is 7.68. The number of rotatable bonds is 6. The zero-order valence-corrected chi connectivity index (χ0v) is 18.4. The number of carbonyl (C=O) groups is 1. The molecular formula is C25H22ClN5O. The summed E-state index contributed by atoms with van der Waals surface area (Å²) in [7, 11) is 0. The molecule has 0 radical (unpaired) electrons. The first-order valence-corrected chi connectivity index (χ1v) is 10.4. The van der Waals surface area contributed by atoms with Gasteiger partial charge < -0.3 is 16.0 Å². The van der Waals surface area contributed by atoms with Gasteiger partial charge in [-0.2, -0.15) is 0 Å². The Morgan fingerprint density at radius 1 is 0.781 bits per heavy atom. The lowest BCUT2D eigenvalue weighted by Crippen LogP contribution is -2.11. The largest absolute Gasteiger partial charge is 0.355 e. The predicted molar refractivity (Wildman–Crippen MR) is 130 cm³/mol. The number of carbonyl (C=O) groups excluding carboxylic acids is 1. The van der Waals surface area contributed by atoms with Gasteiger partial charge in [0.15, 0.2) is 0 Å². The van der Waals surface area contributed by atoms with Crippen molar-refractivity contribution in [1.82, 2.24) is 9.97 Å². The van der Waals surface area contributed by atoms with Crippen LogP contribution in [-0.2, 0) is 0 Å². The van der Waals surface area contributed by atoms with Crippen molar-refractivity contribution in [3.8, 4) is 0 Å². The van der Waals surface area contributed by atoms with Crippen molar-refractivity contribution in [1.29, 1.82) is 0 Å². The quantitative estimate of drug-likeness (QED) is 0.317. The fourth-order valence-corrected chi connectivity index (χ4v) is 3.33. The second kappa shape index (κ2) is 9.49. The molecule has 0 saturated carbocycles. The minimum Gasteiger partial charge on any atom is -0.355 e. The number of aryl methyl sites for hydroxylation is 2. The molecule has 2 aromatic carbocycles. The van der Waals surface area contributed by atoms with Crippen molar-refractivity contribution in [3.05, 3.63) is 101 Å². The third-order valence-corrected chi connectivity index (χ3v) is 5.27. The first kappa shape index (κ1) is 21.3. The van der Waals surface area contributed by atoms with E-state index in [9.17, 15) is 4.79 Å². The minimum atomic E-state index is -0.189. The molecule has 0 aliphatic rings. The molecule has 2 heterocycles. The van der Waals surface area contributed by atoms with E-state index in [1.807, 2.05) is 68.4 Å². The van der Waals surface area contributed by atoms with Gasteiger partial charge in [0, 0.05) is 46.4 Å². The van der Waals surface area contributed by atoms with Gasteiger partial charge in [0.25, 0.3) is 5.91 Å². The Bertz CT molecular complexity index is 1260. The van der Waals surface area contributed by atoms with Crippen molar-refractivity contribution >= 4 is 45.9 Å². The number of anilines is 5. The van der Waals surface area contributed by atoms with Crippen LogP contribution in [0, 0.1) is 13.8 Å². The summed E-state index contributed by atoms with van der Waals surface area (Å²) in [5, 5.41) is 10.1. The van der Waals surface area contributed by atoms with Crippen molar-refractivity contribution < 1.29 is 4.79 Å². The van der Waals surface area contributed by atoms with Gasteiger partial charge in [0.2, 0.25) is 0 Å². The second-order valence-electron chi connectivity index (χ2n) is 7.31. The molecule has 0 aliphatic carbocycles. The number of hydrogen-bond donors (Lipinski definition) is 3. The smallest absolute Gasteiger partial charge is 0.255 e. The molecule has 6 nitrogen and oxygen atoms in total. The van der Waals surface area contributed by atoms with E-state index < -0.39 is 0 Å². The zero-order valence-electron chi connectivity index (χ0n) is 17.7. The number of aromatic nitrogens is 2. The van der Waals surface area contributed by atoms with E-state index in [2.05, 4.69) is 25.9 Å². The fraction of sp³-hybridized carbons (Fsp3) is 0.0800. The number of halogens is 1. The molecule has 4 aromatic rings. The summed E-state index contributed by atoms with van der Waals surface area (Å²) >= 11 is 6.29. The molecule has 0 aliphatic heterocycles. The van der Waals surface area contributed by atoms with E-state index in [1.54, 1.807) is 24.5 Å². The van der Waals surface area contributed by atoms with E-state index in [0.29, 0.717) is 16.3 Å². The number of pyridine rings is 2. The summed E-state index contributed by atoms with van der Waals surface area (Å²) in [4.78, 5) is 21.1. The van der Waals surface area contributed by atoms with Crippen molar-refractivity contribution in [2.75, 3.05) is 16.0 Å². The number of nitrogens with one attached hydrogen (secondary N) is 3. The maximum atomic E-state index is 12.7. The van der Waals surface area contributed by atoms with Crippen LogP contribution in [0.3, 0.4) is 0 Å². The van der Waals surface area contributed by atoms with Gasteiger partial charge in [-0.25, -0.2) is 0 Å². The predicted octanol–water partition coefficient (Wildman–Crippen LogP) is 6.49. The van der Waals surface area contributed by atoms with Crippen molar-refractivity contribution in [2.24, 2.45) is 0 Å². The van der Waals surface area contributed by atoms with Gasteiger partial charge >= 0.3 is 0 Å². The highest BCUT2D eigenvalue weighted by Gasteiger charge is 2.08. The average Bonchev–Trinajstić information content (AvgIpc) is 2.78. The van der Waals surface area contributed by atoms with E-state index in [-0.39, 0.29) is 5.91 Å². The average molecular weight is 444 g/mol. The van der Waals surface area contributed by atoms with Crippen LogP contribution < -0.4 is 16.0 Å².